The van der Waals surface area contributed by atoms with Crippen molar-refractivity contribution in [1.29, 1.82) is 0 Å². The average molecular weight is 554 g/mol. The van der Waals surface area contributed by atoms with E-state index in [0.717, 1.165) is 5.56 Å². The molecule has 0 saturated carbocycles. The topological polar surface area (TPSA) is 106 Å². The first-order chi connectivity index (χ1) is 18.7. The van der Waals surface area contributed by atoms with Crippen LogP contribution in [0.15, 0.2) is 54.7 Å². The van der Waals surface area contributed by atoms with Crippen molar-refractivity contribution in [3.05, 3.63) is 76.6 Å². The van der Waals surface area contributed by atoms with Gasteiger partial charge in [-0.05, 0) is 62.7 Å². The lowest BCUT2D eigenvalue weighted by atomic mass is 10.1. The lowest BCUT2D eigenvalue weighted by Crippen LogP contribution is -2.52. The molecule has 3 aromatic rings. The van der Waals surface area contributed by atoms with Gasteiger partial charge in [0.1, 0.15) is 18.4 Å². The lowest BCUT2D eigenvalue weighted by molar-refractivity contribution is -0.136. The van der Waals surface area contributed by atoms with Crippen molar-refractivity contribution in [3.8, 4) is 5.75 Å². The molecule has 1 aliphatic heterocycles. The van der Waals surface area contributed by atoms with Crippen molar-refractivity contribution in [2.45, 2.75) is 33.4 Å². The third kappa shape index (κ3) is 7.08. The zero-order chi connectivity index (χ0) is 27.9. The van der Waals surface area contributed by atoms with E-state index in [1.807, 2.05) is 12.1 Å². The minimum absolute atomic E-state index is 0.102. The Balaban J connectivity index is 1.31. The van der Waals surface area contributed by atoms with Crippen molar-refractivity contribution in [3.63, 3.8) is 0 Å². The van der Waals surface area contributed by atoms with Crippen LogP contribution in [-0.4, -0.2) is 70.3 Å². The second-order valence-corrected chi connectivity index (χ2v) is 9.63. The van der Waals surface area contributed by atoms with Crippen LogP contribution in [0.25, 0.3) is 0 Å². The number of ether oxygens (including phenoxy) is 2. The summed E-state index contributed by atoms with van der Waals surface area (Å²) in [6, 6.07) is 13.7. The summed E-state index contributed by atoms with van der Waals surface area (Å²) >= 11 is 5.90. The summed E-state index contributed by atoms with van der Waals surface area (Å²) in [6.45, 7) is 7.67. The Bertz CT molecular complexity index is 1300. The van der Waals surface area contributed by atoms with Gasteiger partial charge >= 0.3 is 6.09 Å². The summed E-state index contributed by atoms with van der Waals surface area (Å²) in [4.78, 5) is 41.2. The Morgan fingerprint density at radius 1 is 1.00 bits per heavy atom. The maximum absolute atomic E-state index is 13.1. The number of benzene rings is 2. The number of halogens is 1. The van der Waals surface area contributed by atoms with Crippen LogP contribution < -0.4 is 10.1 Å². The highest BCUT2D eigenvalue weighted by atomic mass is 35.5. The predicted molar refractivity (Wildman–Crippen MR) is 147 cm³/mol. The zero-order valence-electron chi connectivity index (χ0n) is 22.2. The smallest absolute Gasteiger partial charge is 0.409 e. The molecule has 11 heteroatoms. The molecule has 3 amide bonds. The molecule has 39 heavy (non-hydrogen) atoms. The minimum Gasteiger partial charge on any atom is -0.489 e. The number of nitrogens with one attached hydrogen (secondary N) is 1. The number of carbonyl (C=O) groups excluding carboxylic acids is 3. The molecule has 206 valence electrons. The van der Waals surface area contributed by atoms with Crippen molar-refractivity contribution in [1.82, 2.24) is 19.6 Å². The van der Waals surface area contributed by atoms with Crippen LogP contribution in [0.4, 0.5) is 10.5 Å². The molecule has 10 nitrogen and oxygen atoms in total. The fourth-order valence-electron chi connectivity index (χ4n) is 4.15. The SMILES string of the molecule is CCOC(=O)N1CCN(C(=O)C(C)n2cc(NC(=O)c3ccc(COc4ccc(Cl)cc4)cc3)c(C)n2)CC1. The van der Waals surface area contributed by atoms with Gasteiger partial charge < -0.3 is 24.6 Å². The summed E-state index contributed by atoms with van der Waals surface area (Å²) in [5.41, 5.74) is 2.53. The van der Waals surface area contributed by atoms with Gasteiger partial charge in [-0.3, -0.25) is 14.3 Å². The molecule has 0 spiro atoms. The van der Waals surface area contributed by atoms with Crippen LogP contribution >= 0.6 is 11.6 Å². The van der Waals surface area contributed by atoms with Crippen molar-refractivity contribution < 1.29 is 23.9 Å². The molecule has 2 heterocycles. The molecule has 0 radical (unpaired) electrons. The molecular weight excluding hydrogens is 522 g/mol. The predicted octanol–water partition coefficient (Wildman–Crippen LogP) is 4.54. The summed E-state index contributed by atoms with van der Waals surface area (Å²) in [7, 11) is 0. The number of hydrogen-bond acceptors (Lipinski definition) is 6. The third-order valence-corrected chi connectivity index (χ3v) is 6.72. The van der Waals surface area contributed by atoms with Gasteiger partial charge in [0, 0.05) is 43.0 Å². The fourth-order valence-corrected chi connectivity index (χ4v) is 4.27. The van der Waals surface area contributed by atoms with Gasteiger partial charge in [0.15, 0.2) is 0 Å². The van der Waals surface area contributed by atoms with Crippen molar-refractivity contribution in [2.24, 2.45) is 0 Å². The van der Waals surface area contributed by atoms with Gasteiger partial charge in [-0.15, -0.1) is 0 Å². The second-order valence-electron chi connectivity index (χ2n) is 9.19. The molecule has 1 N–H and O–H groups in total. The minimum atomic E-state index is -0.566. The highest BCUT2D eigenvalue weighted by Gasteiger charge is 2.29. The molecule has 1 atom stereocenters. The first-order valence-electron chi connectivity index (χ1n) is 12.8. The number of carbonyl (C=O) groups is 3. The Labute approximate surface area is 232 Å². The summed E-state index contributed by atoms with van der Waals surface area (Å²) in [6.07, 6.45) is 1.31. The molecular formula is C28H32ClN5O5. The Morgan fingerprint density at radius 2 is 1.64 bits per heavy atom. The van der Waals surface area contributed by atoms with Gasteiger partial charge in [0.25, 0.3) is 5.91 Å². The maximum Gasteiger partial charge on any atom is 0.409 e. The number of piperazine rings is 1. The summed E-state index contributed by atoms with van der Waals surface area (Å²) < 4.78 is 12.3. The molecule has 0 aliphatic carbocycles. The standard InChI is InChI=1S/C28H32ClN5O5/c1-4-38-28(37)33-15-13-32(14-16-33)27(36)20(3)34-17-25(19(2)31-34)30-26(35)22-7-5-21(6-8-22)18-39-24-11-9-23(29)10-12-24/h5-12,17,20H,4,13-16,18H2,1-3H3,(H,30,35). The number of amides is 3. The lowest BCUT2D eigenvalue weighted by Gasteiger charge is -2.35. The van der Waals surface area contributed by atoms with Gasteiger partial charge in [-0.2, -0.15) is 5.10 Å². The van der Waals surface area contributed by atoms with Gasteiger partial charge in [0.05, 0.1) is 18.0 Å². The maximum atomic E-state index is 13.1. The number of hydrogen-bond donors (Lipinski definition) is 1. The fraction of sp³-hybridized carbons (Fsp3) is 0.357. The normalized spacial score (nSPS) is 14.1. The zero-order valence-corrected chi connectivity index (χ0v) is 23.0. The number of rotatable bonds is 8. The first kappa shape index (κ1) is 28.0. The Morgan fingerprint density at radius 3 is 2.28 bits per heavy atom. The highest BCUT2D eigenvalue weighted by molar-refractivity contribution is 6.30. The molecule has 1 saturated heterocycles. The second kappa shape index (κ2) is 12.7. The van der Waals surface area contributed by atoms with E-state index in [2.05, 4.69) is 10.4 Å². The first-order valence-corrected chi connectivity index (χ1v) is 13.2. The van der Waals surface area contributed by atoms with Gasteiger partial charge in [0.2, 0.25) is 5.91 Å². The molecule has 2 aromatic carbocycles. The molecule has 1 aromatic heterocycles. The number of aryl methyl sites for hydroxylation is 1. The molecule has 1 aliphatic rings. The van der Waals surface area contributed by atoms with E-state index in [0.29, 0.717) is 67.1 Å². The number of nitrogens with zero attached hydrogens (tertiary/aromatic N) is 4. The van der Waals surface area contributed by atoms with Crippen LogP contribution in [-0.2, 0) is 16.1 Å². The van der Waals surface area contributed by atoms with E-state index < -0.39 is 6.04 Å². The van der Waals surface area contributed by atoms with Crippen LogP contribution in [0.2, 0.25) is 5.02 Å². The van der Waals surface area contributed by atoms with Crippen molar-refractivity contribution >= 4 is 35.2 Å². The van der Waals surface area contributed by atoms with E-state index in [-0.39, 0.29) is 17.9 Å². The van der Waals surface area contributed by atoms with Crippen molar-refractivity contribution in [2.75, 3.05) is 38.1 Å². The van der Waals surface area contributed by atoms with Gasteiger partial charge in [-0.25, -0.2) is 4.79 Å². The van der Waals surface area contributed by atoms with E-state index >= 15 is 0 Å². The third-order valence-electron chi connectivity index (χ3n) is 6.47. The van der Waals surface area contributed by atoms with Crippen LogP contribution in [0.3, 0.4) is 0 Å². The summed E-state index contributed by atoms with van der Waals surface area (Å²) in [5.74, 6) is 0.326. The molecule has 0 bridgehead atoms. The van der Waals surface area contributed by atoms with Crippen LogP contribution in [0.5, 0.6) is 5.75 Å². The monoisotopic (exact) mass is 553 g/mol. The largest absolute Gasteiger partial charge is 0.489 e. The highest BCUT2D eigenvalue weighted by Crippen LogP contribution is 2.20. The van der Waals surface area contributed by atoms with E-state index in [1.54, 1.807) is 77.8 Å². The number of aromatic nitrogens is 2. The summed E-state index contributed by atoms with van der Waals surface area (Å²) in [5, 5.41) is 7.99. The number of anilines is 1. The average Bonchev–Trinajstić information content (AvgIpc) is 3.32. The van der Waals surface area contributed by atoms with Gasteiger partial charge in [-0.1, -0.05) is 23.7 Å². The van der Waals surface area contributed by atoms with E-state index in [9.17, 15) is 14.4 Å². The molecule has 1 unspecified atom stereocenters. The Kier molecular flexibility index (Phi) is 9.08. The Hall–Kier alpha value is -4.05. The molecule has 4 rings (SSSR count). The van der Waals surface area contributed by atoms with E-state index in [4.69, 9.17) is 21.1 Å². The van der Waals surface area contributed by atoms with E-state index in [1.165, 1.54) is 0 Å². The quantitative estimate of drug-likeness (QED) is 0.439. The van der Waals surface area contributed by atoms with Crippen LogP contribution in [0, 0.1) is 6.92 Å². The van der Waals surface area contributed by atoms with Crippen LogP contribution in [0.1, 0.15) is 41.5 Å². The molecule has 1 fully saturated rings.